The number of likely N-dealkylation sites (tertiary alicyclic amines) is 2. The van der Waals surface area contributed by atoms with Crippen molar-refractivity contribution in [3.05, 3.63) is 98.3 Å². The SMILES string of the molecule is CC(C)(C)OC(=O)N1CCCCC1CCS(C)(=O)=O.CC(C)(C)OC(=O)N1CCCCC1CN.CS(=O)(=O)CCC1CCCCN1.CS(=O)(=O)CCC1CCCCN1c1ncnc2cc(Br)c(F)cc12.CS(C)(=O)=O.Cl.Fc1cc2c(Cl)ncnc2cc1Br.[C-]#[N+]c1cc2ncnc(N3CCCCC3CCS(C)(=O)=O)c2cc1F. The summed E-state index contributed by atoms with van der Waals surface area (Å²) in [5.74, 6) is 0.686. The maximum atomic E-state index is 14.1. The van der Waals surface area contributed by atoms with E-state index in [1.165, 1.54) is 81.1 Å². The maximum Gasteiger partial charge on any atom is 0.410 e. The standard InChI is InChI=1S/C17H19FN4O2S.C16H19BrFN3O2S.C13H25NO4S.C11H22N2O2.C8H3BrClFN2.C8H17NO2S.C2H6O2S.ClH/c1-19-16-10-15-13(9-14(16)18)17(21-11-20-15)22-7-4-3-5-12(22)6-8-25(2,23)24;1-24(22,23)7-5-11-4-2-3-6-21(11)16-12-8-14(18)13(17)9-15(12)19-10-20-16;1-13(2,3)18-12(15)14-9-6-5-7-11(14)8-10-19(4,16)17;1-11(2,3)15-10(14)13-7-5-4-6-9(13)8-12;9-5-2-7-4(1-6(5)11)8(10)13-3-12-7;1-12(10,11)7-5-8-4-2-3-6-9-8;1-5(2,3)4;/h9-12H,3-8H2,2H3;8-11H,2-7H2,1H3;11H,5-10H2,1-4H3;9H,4-8,12H2,1-3H3;1-3H;8-9H,2-7H2,1H3;1-2H3;1H. The number of carbonyl (C=O) groups excluding carboxylic acids is 2. The van der Waals surface area contributed by atoms with E-state index in [-0.39, 0.29) is 88.5 Å². The molecule has 2 amide bonds. The molecule has 6 aromatic rings. The first-order valence-corrected chi connectivity index (χ1v) is 50.0. The summed E-state index contributed by atoms with van der Waals surface area (Å²) < 4.78 is 162. The lowest BCUT2D eigenvalue weighted by Gasteiger charge is -2.37. The number of piperidine rings is 5. The predicted molar refractivity (Wildman–Crippen MR) is 456 cm³/mol. The number of rotatable bonds is 15. The van der Waals surface area contributed by atoms with Gasteiger partial charge in [0, 0.05) is 117 Å². The van der Waals surface area contributed by atoms with Crippen LogP contribution in [0.25, 0.3) is 37.6 Å². The molecule has 0 aliphatic carbocycles. The van der Waals surface area contributed by atoms with E-state index in [0.717, 1.165) is 129 Å². The van der Waals surface area contributed by atoms with Crippen LogP contribution in [0.1, 0.15) is 164 Å². The Kier molecular flexibility index (Phi) is 40.7. The number of fused-ring (bicyclic) bond motifs is 3. The average Bonchev–Trinajstić information content (AvgIpc) is 0.786. The molecule has 5 unspecified atom stereocenters. The monoisotopic (exact) mass is 1860 g/mol. The van der Waals surface area contributed by atoms with Crippen molar-refractivity contribution in [3.8, 4) is 0 Å². The third-order valence-electron chi connectivity index (χ3n) is 18.4. The molecule has 8 heterocycles. The molecule has 640 valence electrons. The summed E-state index contributed by atoms with van der Waals surface area (Å²) in [7, 11) is -14.5. The van der Waals surface area contributed by atoms with E-state index in [4.69, 9.17) is 33.4 Å². The second-order valence-corrected chi connectivity index (χ2v) is 44.5. The molecule has 5 saturated heterocycles. The number of halogens is 7. The molecule has 27 nitrogen and oxygen atoms in total. The summed E-state index contributed by atoms with van der Waals surface area (Å²) in [6.07, 6.45) is 28.9. The topological polar surface area (TPSA) is 356 Å². The fourth-order valence-electron chi connectivity index (χ4n) is 13.1. The summed E-state index contributed by atoms with van der Waals surface area (Å²) in [5.41, 5.74) is 6.44. The molecule has 5 atom stereocenters. The second-order valence-electron chi connectivity index (χ2n) is 31.1. The van der Waals surface area contributed by atoms with E-state index >= 15 is 0 Å². The van der Waals surface area contributed by atoms with Gasteiger partial charge in [0.1, 0.15) is 114 Å². The highest BCUT2D eigenvalue weighted by atomic mass is 79.9. The van der Waals surface area contributed by atoms with Gasteiger partial charge in [0.25, 0.3) is 0 Å². The number of anilines is 2. The molecular weight excluding hydrogens is 1750 g/mol. The molecule has 5 fully saturated rings. The number of aromatic nitrogens is 6. The minimum Gasteiger partial charge on any atom is -0.444 e. The van der Waals surface area contributed by atoms with Gasteiger partial charge in [-0.15, -0.1) is 12.4 Å². The van der Waals surface area contributed by atoms with Crippen LogP contribution in [0.4, 0.5) is 40.1 Å². The van der Waals surface area contributed by atoms with E-state index in [9.17, 15) is 64.8 Å². The molecule has 39 heteroatoms. The number of carbonyl (C=O) groups is 2. The predicted octanol–water partition coefficient (Wildman–Crippen LogP) is 14.2. The van der Waals surface area contributed by atoms with E-state index < -0.39 is 66.2 Å². The van der Waals surface area contributed by atoms with Crippen molar-refractivity contribution in [2.24, 2.45) is 5.73 Å². The summed E-state index contributed by atoms with van der Waals surface area (Å²) in [4.78, 5) is 59.5. The van der Waals surface area contributed by atoms with Crippen molar-refractivity contribution in [2.45, 2.75) is 205 Å². The minimum absolute atomic E-state index is 0. The van der Waals surface area contributed by atoms with Crippen molar-refractivity contribution in [3.63, 3.8) is 0 Å². The summed E-state index contributed by atoms with van der Waals surface area (Å²) in [6.45, 7) is 22.7. The molecule has 11 rings (SSSR count). The number of amides is 2. The maximum absolute atomic E-state index is 14.1. The highest BCUT2D eigenvalue weighted by molar-refractivity contribution is 9.10. The lowest BCUT2D eigenvalue weighted by Crippen LogP contribution is -2.49. The molecular formula is C75H112Br2Cl2F3N13O14S5. The fraction of sp³-hybridized carbons (Fsp3) is 0.640. The van der Waals surface area contributed by atoms with Gasteiger partial charge in [-0.3, -0.25) is 0 Å². The van der Waals surface area contributed by atoms with Crippen molar-refractivity contribution in [1.82, 2.24) is 45.0 Å². The summed E-state index contributed by atoms with van der Waals surface area (Å²) in [6, 6.07) is 9.42. The number of hydrogen-bond acceptors (Lipinski definition) is 24. The van der Waals surface area contributed by atoms with Crippen LogP contribution in [0, 0.1) is 24.0 Å². The molecule has 0 saturated carbocycles. The number of nitrogens with one attached hydrogen (secondary N) is 1. The van der Waals surface area contributed by atoms with E-state index in [2.05, 4.69) is 81.7 Å². The molecule has 0 bridgehead atoms. The van der Waals surface area contributed by atoms with Gasteiger partial charge < -0.3 is 40.1 Å². The normalized spacial score (nSPS) is 18.9. The van der Waals surface area contributed by atoms with Crippen molar-refractivity contribution in [2.75, 3.05) is 110 Å². The third-order valence-corrected chi connectivity index (χ3v) is 23.8. The second kappa shape index (κ2) is 46.0. The van der Waals surface area contributed by atoms with Crippen LogP contribution >= 0.6 is 55.9 Å². The van der Waals surface area contributed by atoms with E-state index in [0.29, 0.717) is 97.4 Å². The Labute approximate surface area is 699 Å². The zero-order valence-electron chi connectivity index (χ0n) is 67.0. The molecule has 3 N–H and O–H groups in total. The van der Waals surface area contributed by atoms with Gasteiger partial charge in [0.15, 0.2) is 0 Å². The number of nitrogens with zero attached hydrogens (tertiary/aromatic N) is 11. The number of hydrogen-bond donors (Lipinski definition) is 2. The zero-order chi connectivity index (χ0) is 84.5. The Morgan fingerprint density at radius 2 is 0.860 bits per heavy atom. The van der Waals surface area contributed by atoms with Crippen LogP contribution in [-0.4, -0.2) is 235 Å². The highest BCUT2D eigenvalue weighted by Gasteiger charge is 2.34. The molecule has 5 aliphatic heterocycles. The smallest absolute Gasteiger partial charge is 0.410 e. The minimum atomic E-state index is -3.04. The lowest BCUT2D eigenvalue weighted by molar-refractivity contribution is 0.00898. The van der Waals surface area contributed by atoms with Gasteiger partial charge in [-0.2, -0.15) is 0 Å². The van der Waals surface area contributed by atoms with E-state index in [1.807, 2.05) is 41.5 Å². The number of ether oxygens (including phenoxy) is 2. The van der Waals surface area contributed by atoms with Crippen molar-refractivity contribution < 1.29 is 74.3 Å². The van der Waals surface area contributed by atoms with Gasteiger partial charge in [-0.05, 0) is 232 Å². The number of sulfone groups is 5. The largest absolute Gasteiger partial charge is 0.444 e. The molecule has 114 heavy (non-hydrogen) atoms. The van der Waals surface area contributed by atoms with E-state index in [1.54, 1.807) is 21.9 Å². The van der Waals surface area contributed by atoms with Crippen LogP contribution in [0.2, 0.25) is 5.15 Å². The first-order valence-electron chi connectivity index (χ1n) is 37.5. The molecule has 3 aromatic heterocycles. The first kappa shape index (κ1) is 101. The third kappa shape index (κ3) is 37.1. The summed E-state index contributed by atoms with van der Waals surface area (Å²) >= 11 is 12.0. The Morgan fingerprint density at radius 3 is 1.26 bits per heavy atom. The Morgan fingerprint density at radius 1 is 0.509 bits per heavy atom. The van der Waals surface area contributed by atoms with Gasteiger partial charge >= 0.3 is 12.2 Å². The molecule has 3 aromatic carbocycles. The summed E-state index contributed by atoms with van der Waals surface area (Å²) in [5, 5.41) is 5.32. The highest BCUT2D eigenvalue weighted by Crippen LogP contribution is 2.36. The van der Waals surface area contributed by atoms with Gasteiger partial charge in [-0.25, -0.2) is 99.6 Å². The van der Waals surface area contributed by atoms with Gasteiger partial charge in [0.2, 0.25) is 5.69 Å². The van der Waals surface area contributed by atoms with Crippen LogP contribution in [-0.2, 0) is 58.7 Å². The number of benzene rings is 3. The average molecular weight is 1870 g/mol. The first-order chi connectivity index (χ1) is 52.5. The Hall–Kier alpha value is -5.69. The molecule has 5 aliphatic rings. The van der Waals surface area contributed by atoms with Crippen molar-refractivity contribution in [1.29, 1.82) is 0 Å². The van der Waals surface area contributed by atoms with Gasteiger partial charge in [-0.1, -0.05) is 18.0 Å². The van der Waals surface area contributed by atoms with Crippen LogP contribution in [0.5, 0.6) is 0 Å². The van der Waals surface area contributed by atoms with Crippen molar-refractivity contribution >= 4 is 167 Å². The Balaban J connectivity index is 0.000000289. The molecule has 0 spiro atoms. The Bertz CT molecular complexity index is 4800. The van der Waals surface area contributed by atoms with Crippen LogP contribution in [0.3, 0.4) is 0 Å². The zero-order valence-corrected chi connectivity index (χ0v) is 75.8. The number of nitrogens with two attached hydrogens (primary N) is 1. The lowest BCUT2D eigenvalue weighted by atomic mass is 9.99. The van der Waals surface area contributed by atoms with Crippen LogP contribution in [0.15, 0.2) is 64.3 Å². The molecule has 0 radical (unpaired) electrons. The van der Waals surface area contributed by atoms with Crippen LogP contribution < -0.4 is 20.9 Å². The van der Waals surface area contributed by atoms with Gasteiger partial charge in [0.05, 0.1) is 55.1 Å². The fourth-order valence-corrected chi connectivity index (χ4v) is 16.7. The quantitative estimate of drug-likeness (QED) is 0.0712.